The summed E-state index contributed by atoms with van der Waals surface area (Å²) in [4.78, 5) is 29.5. The molecule has 0 radical (unpaired) electrons. The molecule has 0 bridgehead atoms. The number of esters is 2. The van der Waals surface area contributed by atoms with Crippen LogP contribution >= 0.6 is 46.5 Å². The summed E-state index contributed by atoms with van der Waals surface area (Å²) in [5.74, 6) is -1.04. The summed E-state index contributed by atoms with van der Waals surface area (Å²) < 4.78 is 11.1. The molecule has 0 aliphatic rings. The zero-order valence-electron chi connectivity index (χ0n) is 16.3. The Balaban J connectivity index is 1.86. The SMILES string of the molecule is CCOC(=O)c1sc(NC(=S)Nc2nc3c(Cl)cccc3s2)c(C(=O)OCC)c1C. The van der Waals surface area contributed by atoms with Crippen LogP contribution in [-0.2, 0) is 9.47 Å². The normalized spacial score (nSPS) is 10.7. The topological polar surface area (TPSA) is 89.5 Å². The van der Waals surface area contributed by atoms with Gasteiger partial charge in [-0.2, -0.15) is 0 Å². The molecule has 11 heteroatoms. The van der Waals surface area contributed by atoms with Crippen LogP contribution in [0.5, 0.6) is 0 Å². The highest BCUT2D eigenvalue weighted by Gasteiger charge is 2.27. The van der Waals surface area contributed by atoms with Gasteiger partial charge in [-0.25, -0.2) is 14.6 Å². The second kappa shape index (κ2) is 9.69. The van der Waals surface area contributed by atoms with Gasteiger partial charge in [0.2, 0.25) is 0 Å². The summed E-state index contributed by atoms with van der Waals surface area (Å²) in [6, 6.07) is 5.52. The molecule has 0 spiro atoms. The minimum Gasteiger partial charge on any atom is -0.462 e. The van der Waals surface area contributed by atoms with Gasteiger partial charge in [-0.05, 0) is 50.7 Å². The van der Waals surface area contributed by atoms with E-state index >= 15 is 0 Å². The van der Waals surface area contributed by atoms with Crippen LogP contribution in [0, 0.1) is 6.92 Å². The van der Waals surface area contributed by atoms with Crippen LogP contribution < -0.4 is 10.6 Å². The molecule has 0 aliphatic heterocycles. The average Bonchev–Trinajstić information content (AvgIpc) is 3.23. The standard InChI is InChI=1S/C19H18ClN3O4S3/c1-4-26-16(24)12-9(3)14(17(25)27-5-2)30-15(12)22-18(28)23-19-21-13-10(20)7-6-8-11(13)29-19/h6-8H,4-5H2,1-3H3,(H2,21,22,23,28). The quantitative estimate of drug-likeness (QED) is 0.352. The number of aromatic nitrogens is 1. The third-order valence-corrected chi connectivity index (χ3v) is 6.54. The van der Waals surface area contributed by atoms with Crippen LogP contribution in [0.1, 0.15) is 39.4 Å². The fourth-order valence-corrected chi connectivity index (χ4v) is 5.23. The van der Waals surface area contributed by atoms with Gasteiger partial charge in [0.25, 0.3) is 0 Å². The molecular formula is C19H18ClN3O4S3. The van der Waals surface area contributed by atoms with Crippen molar-refractivity contribution in [2.75, 3.05) is 23.8 Å². The molecule has 0 unspecified atom stereocenters. The summed E-state index contributed by atoms with van der Waals surface area (Å²) in [5, 5.41) is 7.68. The van der Waals surface area contributed by atoms with Gasteiger partial charge in [-0.15, -0.1) is 11.3 Å². The van der Waals surface area contributed by atoms with Crippen molar-refractivity contribution in [2.45, 2.75) is 20.8 Å². The third-order valence-electron chi connectivity index (χ3n) is 3.90. The summed E-state index contributed by atoms with van der Waals surface area (Å²) in [6.07, 6.45) is 0. The van der Waals surface area contributed by atoms with Gasteiger partial charge in [0, 0.05) is 0 Å². The van der Waals surface area contributed by atoms with Crippen molar-refractivity contribution in [3.05, 3.63) is 39.2 Å². The molecule has 0 amide bonds. The number of thiazole rings is 1. The predicted molar refractivity (Wildman–Crippen MR) is 125 cm³/mol. The van der Waals surface area contributed by atoms with Gasteiger partial charge in [-0.3, -0.25) is 0 Å². The second-order valence-corrected chi connectivity index (χ2v) is 8.75. The van der Waals surface area contributed by atoms with Crippen molar-refractivity contribution in [1.82, 2.24) is 4.98 Å². The molecule has 2 heterocycles. The molecule has 0 saturated carbocycles. The number of carbonyl (C=O) groups excluding carboxylic acids is 2. The molecule has 30 heavy (non-hydrogen) atoms. The summed E-state index contributed by atoms with van der Waals surface area (Å²) in [5.41, 5.74) is 1.41. The number of carbonyl (C=O) groups is 2. The van der Waals surface area contributed by atoms with Gasteiger partial charge in [0.05, 0.1) is 28.5 Å². The highest BCUT2D eigenvalue weighted by atomic mass is 35.5. The highest BCUT2D eigenvalue weighted by Crippen LogP contribution is 2.35. The molecule has 2 N–H and O–H groups in total. The molecule has 3 aromatic rings. The van der Waals surface area contributed by atoms with Gasteiger partial charge in [-0.1, -0.05) is 29.0 Å². The fourth-order valence-electron chi connectivity index (χ4n) is 2.64. The highest BCUT2D eigenvalue weighted by molar-refractivity contribution is 7.80. The first-order chi connectivity index (χ1) is 14.3. The molecule has 7 nitrogen and oxygen atoms in total. The molecular weight excluding hydrogens is 466 g/mol. The minimum absolute atomic E-state index is 0.206. The first-order valence-corrected chi connectivity index (χ1v) is 11.4. The molecule has 0 aliphatic carbocycles. The van der Waals surface area contributed by atoms with Crippen molar-refractivity contribution >= 4 is 83.9 Å². The van der Waals surface area contributed by atoms with Gasteiger partial charge >= 0.3 is 11.9 Å². The van der Waals surface area contributed by atoms with Gasteiger partial charge < -0.3 is 20.1 Å². The Labute approximate surface area is 191 Å². The lowest BCUT2D eigenvalue weighted by Gasteiger charge is -2.09. The van der Waals surface area contributed by atoms with E-state index in [1.54, 1.807) is 26.8 Å². The first-order valence-electron chi connectivity index (χ1n) is 8.96. The summed E-state index contributed by atoms with van der Waals surface area (Å²) in [6.45, 7) is 5.54. The van der Waals surface area contributed by atoms with E-state index in [9.17, 15) is 9.59 Å². The van der Waals surface area contributed by atoms with Crippen molar-refractivity contribution in [2.24, 2.45) is 0 Å². The van der Waals surface area contributed by atoms with Crippen LogP contribution in [0.3, 0.4) is 0 Å². The average molecular weight is 484 g/mol. The Morgan fingerprint density at radius 1 is 1.13 bits per heavy atom. The number of thiocarbonyl (C=S) groups is 1. The Bertz CT molecular complexity index is 1130. The number of para-hydroxylation sites is 1. The Morgan fingerprint density at radius 2 is 1.83 bits per heavy atom. The molecule has 1 aromatic carbocycles. The summed E-state index contributed by atoms with van der Waals surface area (Å²) in [7, 11) is 0. The number of nitrogens with zero attached hydrogens (tertiary/aromatic N) is 1. The van der Waals surface area contributed by atoms with Crippen LogP contribution in [0.4, 0.5) is 10.1 Å². The van der Waals surface area contributed by atoms with Gasteiger partial charge in [0.15, 0.2) is 10.2 Å². The van der Waals surface area contributed by atoms with E-state index in [1.165, 1.54) is 11.3 Å². The number of thiophene rings is 1. The number of nitrogens with one attached hydrogen (secondary N) is 2. The third kappa shape index (κ3) is 4.72. The van der Waals surface area contributed by atoms with Crippen LogP contribution in [-0.4, -0.2) is 35.2 Å². The van der Waals surface area contributed by atoms with Crippen LogP contribution in [0.2, 0.25) is 5.02 Å². The van der Waals surface area contributed by atoms with E-state index in [0.29, 0.717) is 31.1 Å². The Kier molecular flexibility index (Phi) is 7.24. The lowest BCUT2D eigenvalue weighted by molar-refractivity contribution is 0.0527. The van der Waals surface area contributed by atoms with E-state index in [0.717, 1.165) is 16.0 Å². The predicted octanol–water partition coefficient (Wildman–Crippen LogP) is 5.48. The maximum Gasteiger partial charge on any atom is 0.348 e. The van der Waals surface area contributed by atoms with Crippen molar-refractivity contribution in [3.8, 4) is 0 Å². The van der Waals surface area contributed by atoms with Crippen molar-refractivity contribution in [1.29, 1.82) is 0 Å². The number of ether oxygens (including phenoxy) is 2. The van der Waals surface area contributed by atoms with Crippen LogP contribution in [0.15, 0.2) is 18.2 Å². The lowest BCUT2D eigenvalue weighted by atomic mass is 10.1. The second-order valence-electron chi connectivity index (χ2n) is 5.89. The number of fused-ring (bicyclic) bond motifs is 1. The number of hydrogen-bond acceptors (Lipinski definition) is 8. The molecule has 158 valence electrons. The monoisotopic (exact) mass is 483 g/mol. The molecule has 2 aromatic heterocycles. The molecule has 0 saturated heterocycles. The molecule has 0 atom stereocenters. The fraction of sp³-hybridized carbons (Fsp3) is 0.263. The number of rotatable bonds is 6. The summed E-state index contributed by atoms with van der Waals surface area (Å²) >= 11 is 14.0. The zero-order valence-corrected chi connectivity index (χ0v) is 19.5. The first kappa shape index (κ1) is 22.4. The van der Waals surface area contributed by atoms with Crippen molar-refractivity contribution in [3.63, 3.8) is 0 Å². The van der Waals surface area contributed by atoms with Gasteiger partial charge in [0.1, 0.15) is 15.4 Å². The maximum atomic E-state index is 12.5. The Morgan fingerprint density at radius 3 is 2.50 bits per heavy atom. The minimum atomic E-state index is -0.543. The van der Waals surface area contributed by atoms with Crippen molar-refractivity contribution < 1.29 is 19.1 Å². The van der Waals surface area contributed by atoms with E-state index in [-0.39, 0.29) is 23.9 Å². The lowest BCUT2D eigenvalue weighted by Crippen LogP contribution is -2.20. The molecule has 0 fully saturated rings. The zero-order chi connectivity index (χ0) is 21.8. The Hall–Kier alpha value is -2.27. The van der Waals surface area contributed by atoms with E-state index in [2.05, 4.69) is 15.6 Å². The van der Waals surface area contributed by atoms with E-state index in [1.807, 2.05) is 12.1 Å². The maximum absolute atomic E-state index is 12.5. The number of benzene rings is 1. The number of anilines is 2. The largest absolute Gasteiger partial charge is 0.462 e. The van der Waals surface area contributed by atoms with Crippen LogP contribution in [0.25, 0.3) is 10.2 Å². The molecule has 3 rings (SSSR count). The van der Waals surface area contributed by atoms with E-state index in [4.69, 9.17) is 33.3 Å². The van der Waals surface area contributed by atoms with E-state index < -0.39 is 11.9 Å². The number of hydrogen-bond donors (Lipinski definition) is 2. The number of halogens is 1. The smallest absolute Gasteiger partial charge is 0.348 e.